The average Bonchev–Trinajstić information content (AvgIpc) is 3.24. The molecule has 0 aliphatic carbocycles. The maximum Gasteiger partial charge on any atom is 0.374 e. The van der Waals surface area contributed by atoms with Gasteiger partial charge in [-0.05, 0) is 30.3 Å². The summed E-state index contributed by atoms with van der Waals surface area (Å²) < 4.78 is 26.7. The van der Waals surface area contributed by atoms with Crippen molar-refractivity contribution in [3.05, 3.63) is 94.2 Å². The summed E-state index contributed by atoms with van der Waals surface area (Å²) in [6.07, 6.45) is 1.40. The summed E-state index contributed by atoms with van der Waals surface area (Å²) in [4.78, 5) is 24.4. The molecule has 0 amide bonds. The largest absolute Gasteiger partial charge is 0.497 e. The molecule has 0 unspecified atom stereocenters. The van der Waals surface area contributed by atoms with Crippen LogP contribution in [-0.2, 0) is 18.0 Å². The lowest BCUT2D eigenvalue weighted by atomic mass is 10.1. The van der Waals surface area contributed by atoms with Crippen molar-refractivity contribution < 1.29 is 27.8 Å². The molecule has 0 N–H and O–H groups in total. The number of rotatable bonds is 7. The Balaban J connectivity index is 1.48. The highest BCUT2D eigenvalue weighted by molar-refractivity contribution is 5.88. The summed E-state index contributed by atoms with van der Waals surface area (Å²) in [6, 6.07) is 17.3. The minimum Gasteiger partial charge on any atom is -0.497 e. The minimum absolute atomic E-state index is 0.0554. The number of furan rings is 1. The second-order valence-corrected chi connectivity index (χ2v) is 6.41. The Hall–Kier alpha value is -4.00. The fraction of sp³-hybridized carbons (Fsp3) is 0.130. The van der Waals surface area contributed by atoms with Crippen LogP contribution in [0.25, 0.3) is 11.0 Å². The van der Waals surface area contributed by atoms with Crippen molar-refractivity contribution in [2.75, 3.05) is 7.11 Å². The molecule has 0 bridgehead atoms. The van der Waals surface area contributed by atoms with E-state index in [1.807, 2.05) is 30.3 Å². The van der Waals surface area contributed by atoms with E-state index in [1.54, 1.807) is 24.3 Å². The van der Waals surface area contributed by atoms with Gasteiger partial charge in [0.25, 0.3) is 0 Å². The molecule has 2 aromatic heterocycles. The molecule has 0 spiro atoms. The molecule has 0 aliphatic heterocycles. The molecule has 152 valence electrons. The molecule has 0 saturated carbocycles. The lowest BCUT2D eigenvalue weighted by molar-refractivity contribution is 0.0433. The highest BCUT2D eigenvalue weighted by Gasteiger charge is 2.18. The van der Waals surface area contributed by atoms with Crippen LogP contribution >= 0.6 is 0 Å². The lowest BCUT2D eigenvalue weighted by Crippen LogP contribution is -2.10. The molecule has 0 radical (unpaired) electrons. The molecular weight excluding hydrogens is 388 g/mol. The number of hydrogen-bond acceptors (Lipinski definition) is 7. The van der Waals surface area contributed by atoms with E-state index >= 15 is 0 Å². The van der Waals surface area contributed by atoms with E-state index in [4.69, 9.17) is 23.0 Å². The summed E-state index contributed by atoms with van der Waals surface area (Å²) in [5, 5.41) is 0.648. The molecule has 30 heavy (non-hydrogen) atoms. The first-order valence-electron chi connectivity index (χ1n) is 9.16. The molecule has 0 saturated heterocycles. The van der Waals surface area contributed by atoms with E-state index in [9.17, 15) is 9.59 Å². The summed E-state index contributed by atoms with van der Waals surface area (Å²) in [5.74, 6) is 0.635. The molecule has 4 aromatic rings. The van der Waals surface area contributed by atoms with Crippen molar-refractivity contribution in [1.29, 1.82) is 0 Å². The Kier molecular flexibility index (Phi) is 5.52. The number of ether oxygens (including phenoxy) is 3. The van der Waals surface area contributed by atoms with Gasteiger partial charge in [0.05, 0.1) is 13.4 Å². The van der Waals surface area contributed by atoms with Crippen molar-refractivity contribution in [3.8, 4) is 11.5 Å². The maximum atomic E-state index is 12.5. The summed E-state index contributed by atoms with van der Waals surface area (Å²) in [5.41, 5.74) is 0.886. The molecule has 0 atom stereocenters. The topological polar surface area (TPSA) is 88.1 Å². The second-order valence-electron chi connectivity index (χ2n) is 6.41. The summed E-state index contributed by atoms with van der Waals surface area (Å²) >= 11 is 0. The van der Waals surface area contributed by atoms with Gasteiger partial charge in [-0.3, -0.25) is 0 Å². The third-order valence-corrected chi connectivity index (χ3v) is 4.47. The zero-order chi connectivity index (χ0) is 20.9. The minimum atomic E-state index is -0.651. The van der Waals surface area contributed by atoms with E-state index in [-0.39, 0.29) is 19.0 Å². The number of methoxy groups -OCH3 is 1. The Morgan fingerprint density at radius 3 is 2.57 bits per heavy atom. The lowest BCUT2D eigenvalue weighted by Gasteiger charge is -2.09. The first-order chi connectivity index (χ1) is 14.6. The van der Waals surface area contributed by atoms with Crippen LogP contribution in [0, 0.1) is 0 Å². The number of para-hydroxylation sites is 1. The van der Waals surface area contributed by atoms with Crippen molar-refractivity contribution in [2.24, 2.45) is 0 Å². The van der Waals surface area contributed by atoms with Gasteiger partial charge < -0.3 is 23.0 Å². The van der Waals surface area contributed by atoms with E-state index in [2.05, 4.69) is 0 Å². The van der Waals surface area contributed by atoms with Crippen molar-refractivity contribution in [1.82, 2.24) is 0 Å². The Morgan fingerprint density at radius 2 is 1.77 bits per heavy atom. The Bertz CT molecular complexity index is 1220. The Morgan fingerprint density at radius 1 is 0.933 bits per heavy atom. The Labute approximate surface area is 171 Å². The first-order valence-corrected chi connectivity index (χ1v) is 9.16. The number of esters is 1. The molecular formula is C23H18O7. The van der Waals surface area contributed by atoms with E-state index in [1.165, 1.54) is 19.4 Å². The van der Waals surface area contributed by atoms with Gasteiger partial charge in [0.1, 0.15) is 30.3 Å². The third-order valence-electron chi connectivity index (χ3n) is 4.47. The van der Waals surface area contributed by atoms with Crippen molar-refractivity contribution >= 4 is 16.9 Å². The van der Waals surface area contributed by atoms with E-state index in [0.717, 1.165) is 0 Å². The smallest absolute Gasteiger partial charge is 0.374 e. The SMILES string of the molecule is COc1ccc2c(COC(=O)c3occc3COc3ccccc3)cc(=O)oc2c1. The van der Waals surface area contributed by atoms with E-state index in [0.29, 0.717) is 33.6 Å². The zero-order valence-electron chi connectivity index (χ0n) is 16.1. The van der Waals surface area contributed by atoms with Gasteiger partial charge in [-0.15, -0.1) is 0 Å². The van der Waals surface area contributed by atoms with Gasteiger partial charge in [0, 0.05) is 28.6 Å². The van der Waals surface area contributed by atoms with Gasteiger partial charge in [0.15, 0.2) is 0 Å². The van der Waals surface area contributed by atoms with Crippen molar-refractivity contribution in [3.63, 3.8) is 0 Å². The van der Waals surface area contributed by atoms with Crippen LogP contribution in [0.2, 0.25) is 0 Å². The first kappa shape index (κ1) is 19.3. The zero-order valence-corrected chi connectivity index (χ0v) is 16.1. The monoisotopic (exact) mass is 406 g/mol. The van der Waals surface area contributed by atoms with Crippen LogP contribution in [-0.4, -0.2) is 13.1 Å². The summed E-state index contributed by atoms with van der Waals surface area (Å²) in [6.45, 7) is 0.0372. The molecule has 0 aliphatic rings. The van der Waals surface area contributed by atoms with Gasteiger partial charge in [-0.1, -0.05) is 18.2 Å². The van der Waals surface area contributed by atoms with Crippen LogP contribution in [0.1, 0.15) is 21.7 Å². The number of carbonyl (C=O) groups excluding carboxylic acids is 1. The number of fused-ring (bicyclic) bond motifs is 1. The molecule has 4 rings (SSSR count). The van der Waals surface area contributed by atoms with Crippen molar-refractivity contribution in [2.45, 2.75) is 13.2 Å². The maximum absolute atomic E-state index is 12.5. The highest BCUT2D eigenvalue weighted by atomic mass is 16.5. The quantitative estimate of drug-likeness (QED) is 0.333. The average molecular weight is 406 g/mol. The second kappa shape index (κ2) is 8.57. The normalized spacial score (nSPS) is 10.7. The number of hydrogen-bond donors (Lipinski definition) is 0. The molecule has 7 heteroatoms. The summed E-state index contributed by atoms with van der Waals surface area (Å²) in [7, 11) is 1.52. The molecule has 2 aromatic carbocycles. The number of benzene rings is 2. The number of carbonyl (C=O) groups is 1. The fourth-order valence-electron chi connectivity index (χ4n) is 2.97. The highest BCUT2D eigenvalue weighted by Crippen LogP contribution is 2.24. The molecule has 0 fully saturated rings. The van der Waals surface area contributed by atoms with Gasteiger partial charge >= 0.3 is 11.6 Å². The van der Waals surface area contributed by atoms with Gasteiger partial charge in [-0.25, -0.2) is 9.59 Å². The third kappa shape index (κ3) is 4.20. The van der Waals surface area contributed by atoms with Gasteiger partial charge in [0.2, 0.25) is 5.76 Å². The van der Waals surface area contributed by atoms with Crippen LogP contribution in [0.4, 0.5) is 0 Å². The molecule has 7 nitrogen and oxygen atoms in total. The van der Waals surface area contributed by atoms with Gasteiger partial charge in [-0.2, -0.15) is 0 Å². The predicted molar refractivity (Wildman–Crippen MR) is 108 cm³/mol. The van der Waals surface area contributed by atoms with Crippen LogP contribution in [0.3, 0.4) is 0 Å². The fourth-order valence-corrected chi connectivity index (χ4v) is 2.97. The predicted octanol–water partition coefficient (Wildman–Crippen LogP) is 4.33. The standard InChI is InChI=1S/C23H18O7/c1-26-18-7-8-19-16(11-21(24)30-20(19)12-18)14-29-23(25)22-15(9-10-27-22)13-28-17-5-3-2-4-6-17/h2-12H,13-14H2,1H3. The van der Waals surface area contributed by atoms with Crippen LogP contribution < -0.4 is 15.1 Å². The molecule has 2 heterocycles. The van der Waals surface area contributed by atoms with Crippen LogP contribution in [0.5, 0.6) is 11.5 Å². The van der Waals surface area contributed by atoms with Crippen LogP contribution in [0.15, 0.2) is 80.6 Å². The van der Waals surface area contributed by atoms with E-state index < -0.39 is 11.6 Å².